The minimum absolute atomic E-state index is 0.0218. The van der Waals surface area contributed by atoms with Crippen LogP contribution in [0.25, 0.3) is 0 Å². The molecule has 0 saturated carbocycles. The SMILES string of the molecule is CC(C(=O)O)N1C(=O)CC(CC(=O)N2CCN(c3ccccc3C(C)(C)C)CC2)CC1=O. The van der Waals surface area contributed by atoms with Crippen LogP contribution in [0.1, 0.15) is 52.5 Å². The molecule has 0 aromatic heterocycles. The molecule has 8 heteroatoms. The second-order valence-corrected chi connectivity index (χ2v) is 9.79. The second kappa shape index (κ2) is 9.30. The van der Waals surface area contributed by atoms with Gasteiger partial charge in [-0.2, -0.15) is 0 Å². The molecule has 32 heavy (non-hydrogen) atoms. The van der Waals surface area contributed by atoms with Gasteiger partial charge in [-0.05, 0) is 29.9 Å². The minimum Gasteiger partial charge on any atom is -0.480 e. The summed E-state index contributed by atoms with van der Waals surface area (Å²) in [6.07, 6.45) is 0.174. The molecule has 0 radical (unpaired) electrons. The fraction of sp³-hybridized carbons (Fsp3) is 0.583. The van der Waals surface area contributed by atoms with Crippen molar-refractivity contribution < 1.29 is 24.3 Å². The highest BCUT2D eigenvalue weighted by atomic mass is 16.4. The number of para-hydroxylation sites is 1. The van der Waals surface area contributed by atoms with Gasteiger partial charge in [-0.3, -0.25) is 19.3 Å². The van der Waals surface area contributed by atoms with E-state index in [4.69, 9.17) is 5.11 Å². The zero-order chi connectivity index (χ0) is 23.6. The number of piperazine rings is 1. The van der Waals surface area contributed by atoms with E-state index in [1.807, 2.05) is 6.07 Å². The Morgan fingerprint density at radius 3 is 2.12 bits per heavy atom. The van der Waals surface area contributed by atoms with E-state index in [-0.39, 0.29) is 36.5 Å². The Bertz CT molecular complexity index is 881. The van der Waals surface area contributed by atoms with Crippen molar-refractivity contribution in [2.45, 2.75) is 58.4 Å². The van der Waals surface area contributed by atoms with Gasteiger partial charge in [-0.1, -0.05) is 39.0 Å². The van der Waals surface area contributed by atoms with Gasteiger partial charge in [0.1, 0.15) is 6.04 Å². The first kappa shape index (κ1) is 23.8. The molecule has 0 spiro atoms. The van der Waals surface area contributed by atoms with E-state index >= 15 is 0 Å². The largest absolute Gasteiger partial charge is 0.480 e. The van der Waals surface area contributed by atoms with Crippen LogP contribution in [0.5, 0.6) is 0 Å². The average Bonchev–Trinajstić information content (AvgIpc) is 2.72. The van der Waals surface area contributed by atoms with E-state index in [0.29, 0.717) is 13.1 Å². The Kier molecular flexibility index (Phi) is 6.91. The lowest BCUT2D eigenvalue weighted by molar-refractivity contribution is -0.161. The predicted octanol–water partition coefficient (Wildman–Crippen LogP) is 2.26. The number of carbonyl (C=O) groups excluding carboxylic acids is 3. The van der Waals surface area contributed by atoms with Gasteiger partial charge in [-0.25, -0.2) is 4.79 Å². The van der Waals surface area contributed by atoms with Crippen molar-refractivity contribution in [2.24, 2.45) is 5.92 Å². The number of nitrogens with zero attached hydrogens (tertiary/aromatic N) is 3. The first-order valence-corrected chi connectivity index (χ1v) is 11.2. The Labute approximate surface area is 189 Å². The molecule has 1 aromatic rings. The van der Waals surface area contributed by atoms with Crippen LogP contribution >= 0.6 is 0 Å². The first-order valence-electron chi connectivity index (χ1n) is 11.2. The van der Waals surface area contributed by atoms with Gasteiger partial charge in [0.25, 0.3) is 0 Å². The Hall–Kier alpha value is -2.90. The molecule has 2 aliphatic rings. The van der Waals surface area contributed by atoms with E-state index in [0.717, 1.165) is 18.0 Å². The van der Waals surface area contributed by atoms with Crippen LogP contribution < -0.4 is 4.90 Å². The van der Waals surface area contributed by atoms with Crippen LogP contribution in [0.4, 0.5) is 5.69 Å². The summed E-state index contributed by atoms with van der Waals surface area (Å²) in [5.41, 5.74) is 2.50. The van der Waals surface area contributed by atoms with Gasteiger partial charge in [0.15, 0.2) is 0 Å². The smallest absolute Gasteiger partial charge is 0.326 e. The summed E-state index contributed by atoms with van der Waals surface area (Å²) in [6, 6.07) is 7.18. The van der Waals surface area contributed by atoms with Gasteiger partial charge in [0.05, 0.1) is 0 Å². The van der Waals surface area contributed by atoms with Gasteiger partial charge in [0.2, 0.25) is 17.7 Å². The summed E-state index contributed by atoms with van der Waals surface area (Å²) < 4.78 is 0. The summed E-state index contributed by atoms with van der Waals surface area (Å²) in [5, 5.41) is 9.11. The number of benzene rings is 1. The van der Waals surface area contributed by atoms with Crippen LogP contribution in [0, 0.1) is 5.92 Å². The molecule has 1 N–H and O–H groups in total. The molecule has 174 valence electrons. The molecule has 2 fully saturated rings. The molecule has 1 aromatic carbocycles. The van der Waals surface area contributed by atoms with E-state index in [9.17, 15) is 19.2 Å². The molecule has 1 unspecified atom stereocenters. The zero-order valence-electron chi connectivity index (χ0n) is 19.3. The third-order valence-electron chi connectivity index (χ3n) is 6.36. The number of rotatable bonds is 5. The van der Waals surface area contributed by atoms with Gasteiger partial charge in [0, 0.05) is 51.1 Å². The number of anilines is 1. The zero-order valence-corrected chi connectivity index (χ0v) is 19.3. The number of amides is 3. The van der Waals surface area contributed by atoms with Crippen molar-refractivity contribution in [3.05, 3.63) is 29.8 Å². The summed E-state index contributed by atoms with van der Waals surface area (Å²) in [4.78, 5) is 53.6. The fourth-order valence-corrected chi connectivity index (χ4v) is 4.55. The Balaban J connectivity index is 1.57. The molecule has 1 atom stereocenters. The van der Waals surface area contributed by atoms with Crippen molar-refractivity contribution in [3.8, 4) is 0 Å². The van der Waals surface area contributed by atoms with Gasteiger partial charge in [-0.15, -0.1) is 0 Å². The number of imide groups is 1. The highest BCUT2D eigenvalue weighted by Gasteiger charge is 2.39. The lowest BCUT2D eigenvalue weighted by Gasteiger charge is -2.39. The molecule has 0 bridgehead atoms. The summed E-state index contributed by atoms with van der Waals surface area (Å²) in [5.74, 6) is -2.68. The van der Waals surface area contributed by atoms with Gasteiger partial charge < -0.3 is 14.9 Å². The number of carboxylic acid groups (broad SMARTS) is 1. The average molecular weight is 444 g/mol. The summed E-state index contributed by atoms with van der Waals surface area (Å²) in [6.45, 7) is 10.5. The van der Waals surface area contributed by atoms with E-state index < -0.39 is 23.8 Å². The molecular weight excluding hydrogens is 410 g/mol. The van der Waals surface area contributed by atoms with Crippen molar-refractivity contribution >= 4 is 29.4 Å². The highest BCUT2D eigenvalue weighted by molar-refractivity contribution is 6.01. The maximum atomic E-state index is 12.8. The third-order valence-corrected chi connectivity index (χ3v) is 6.36. The predicted molar refractivity (Wildman–Crippen MR) is 120 cm³/mol. The monoisotopic (exact) mass is 443 g/mol. The van der Waals surface area contributed by atoms with E-state index in [1.165, 1.54) is 18.2 Å². The first-order chi connectivity index (χ1) is 15.0. The van der Waals surface area contributed by atoms with Crippen LogP contribution in [-0.4, -0.2) is 70.8 Å². The maximum Gasteiger partial charge on any atom is 0.326 e. The van der Waals surface area contributed by atoms with E-state index in [2.05, 4.69) is 43.9 Å². The fourth-order valence-electron chi connectivity index (χ4n) is 4.55. The number of carboxylic acids is 1. The van der Waals surface area contributed by atoms with Crippen molar-refractivity contribution in [1.29, 1.82) is 0 Å². The summed E-state index contributed by atoms with van der Waals surface area (Å²) in [7, 11) is 0. The Morgan fingerprint density at radius 1 is 1.03 bits per heavy atom. The summed E-state index contributed by atoms with van der Waals surface area (Å²) >= 11 is 0. The van der Waals surface area contributed by atoms with E-state index in [1.54, 1.807) is 4.90 Å². The second-order valence-electron chi connectivity index (χ2n) is 9.79. The Morgan fingerprint density at radius 2 is 1.59 bits per heavy atom. The molecule has 8 nitrogen and oxygen atoms in total. The van der Waals surface area contributed by atoms with Crippen molar-refractivity contribution in [1.82, 2.24) is 9.80 Å². The minimum atomic E-state index is -1.22. The third kappa shape index (κ3) is 5.11. The molecule has 2 aliphatic heterocycles. The molecule has 3 amide bonds. The van der Waals surface area contributed by atoms with Crippen molar-refractivity contribution in [3.63, 3.8) is 0 Å². The standard InChI is InChI=1S/C24H33N3O5/c1-16(23(31)32)27-21(29)14-17(15-22(27)30)13-20(28)26-11-9-25(10-12-26)19-8-6-5-7-18(19)24(2,3)4/h5-8,16-17H,9-15H2,1-4H3,(H,31,32). The molecule has 2 saturated heterocycles. The van der Waals surface area contributed by atoms with Gasteiger partial charge >= 0.3 is 5.97 Å². The number of hydrogen-bond acceptors (Lipinski definition) is 5. The highest BCUT2D eigenvalue weighted by Crippen LogP contribution is 2.32. The van der Waals surface area contributed by atoms with Crippen LogP contribution in [0.2, 0.25) is 0 Å². The molecule has 0 aliphatic carbocycles. The molecule has 3 rings (SSSR count). The molecular formula is C24H33N3O5. The lowest BCUT2D eigenvalue weighted by Crippen LogP contribution is -2.52. The number of likely N-dealkylation sites (tertiary alicyclic amines) is 1. The normalized spacial score (nSPS) is 19.3. The molecule has 2 heterocycles. The quantitative estimate of drug-likeness (QED) is 0.701. The van der Waals surface area contributed by atoms with Crippen molar-refractivity contribution in [2.75, 3.05) is 31.1 Å². The number of piperidine rings is 1. The maximum absolute atomic E-state index is 12.8. The number of hydrogen-bond donors (Lipinski definition) is 1. The van der Waals surface area contributed by atoms with Crippen LogP contribution in [0.3, 0.4) is 0 Å². The van der Waals surface area contributed by atoms with Crippen LogP contribution in [-0.2, 0) is 24.6 Å². The lowest BCUT2D eigenvalue weighted by atomic mass is 9.85. The number of aliphatic carboxylic acids is 1. The van der Waals surface area contributed by atoms with Crippen LogP contribution in [0.15, 0.2) is 24.3 Å². The topological polar surface area (TPSA) is 98.2 Å². The number of carbonyl (C=O) groups is 4.